The Morgan fingerprint density at radius 2 is 2.18 bits per heavy atom. The van der Waals surface area contributed by atoms with Crippen LogP contribution in [0.15, 0.2) is 6.07 Å². The molecule has 1 aromatic heterocycles. The van der Waals surface area contributed by atoms with E-state index in [1.807, 2.05) is 20.0 Å². The first-order valence-corrected chi connectivity index (χ1v) is 6.44. The predicted octanol–water partition coefficient (Wildman–Crippen LogP) is 2.38. The first-order valence-electron chi connectivity index (χ1n) is 5.63. The Hall–Kier alpha value is -0.580. The molecule has 1 aromatic rings. The third kappa shape index (κ3) is 4.66. The number of thiophene rings is 1. The third-order valence-electron chi connectivity index (χ3n) is 2.63. The van der Waals surface area contributed by atoms with Crippen LogP contribution in [0.25, 0.3) is 0 Å². The summed E-state index contributed by atoms with van der Waals surface area (Å²) < 4.78 is 0. The third-order valence-corrected chi connectivity index (χ3v) is 4.01. The molecule has 0 fully saturated rings. The molecule has 5 heteroatoms. The topological polar surface area (TPSA) is 41.1 Å². The molecular formula is C12H21ClN2OS. The largest absolute Gasteiger partial charge is 0.350 e. The molecule has 98 valence electrons. The highest BCUT2D eigenvalue weighted by molar-refractivity contribution is 7.14. The van der Waals surface area contributed by atoms with Gasteiger partial charge in [-0.25, -0.2) is 0 Å². The maximum absolute atomic E-state index is 11.8. The van der Waals surface area contributed by atoms with E-state index in [1.54, 1.807) is 11.3 Å². The maximum Gasteiger partial charge on any atom is 0.261 e. The van der Waals surface area contributed by atoms with E-state index in [-0.39, 0.29) is 18.3 Å². The summed E-state index contributed by atoms with van der Waals surface area (Å²) in [5.74, 6) is 0.0369. The lowest BCUT2D eigenvalue weighted by Gasteiger charge is -2.10. The van der Waals surface area contributed by atoms with Crippen LogP contribution >= 0.6 is 23.7 Å². The zero-order valence-electron chi connectivity index (χ0n) is 10.8. The smallest absolute Gasteiger partial charge is 0.261 e. The first kappa shape index (κ1) is 16.4. The van der Waals surface area contributed by atoms with Gasteiger partial charge in [-0.3, -0.25) is 4.79 Å². The number of likely N-dealkylation sites (N-methyl/N-ethyl adjacent to an activating group) is 1. The van der Waals surface area contributed by atoms with Crippen molar-refractivity contribution in [2.75, 3.05) is 13.6 Å². The Morgan fingerprint density at radius 3 is 2.65 bits per heavy atom. The van der Waals surface area contributed by atoms with Gasteiger partial charge in [-0.15, -0.1) is 23.7 Å². The Labute approximate surface area is 113 Å². The average molecular weight is 277 g/mol. The lowest BCUT2D eigenvalue weighted by atomic mass is 10.2. The minimum atomic E-state index is 0. The second-order valence-corrected chi connectivity index (χ2v) is 5.11. The standard InChI is InChI=1S/C12H20N2OS.ClH/c1-5-10-8(2)6-11(16-10)12(15)14-7-9(3)13-4;/h6,9,13H,5,7H2,1-4H3,(H,14,15);1H. The number of hydrogen-bond donors (Lipinski definition) is 2. The van der Waals surface area contributed by atoms with Crippen molar-refractivity contribution in [3.63, 3.8) is 0 Å². The molecule has 1 atom stereocenters. The Morgan fingerprint density at radius 1 is 1.53 bits per heavy atom. The monoisotopic (exact) mass is 276 g/mol. The molecule has 1 heterocycles. The first-order chi connectivity index (χ1) is 7.58. The lowest BCUT2D eigenvalue weighted by Crippen LogP contribution is -2.36. The van der Waals surface area contributed by atoms with Crippen LogP contribution in [0, 0.1) is 6.92 Å². The van der Waals surface area contributed by atoms with Crippen LogP contribution in [-0.4, -0.2) is 25.5 Å². The molecule has 0 saturated carbocycles. The van der Waals surface area contributed by atoms with Crippen molar-refractivity contribution in [1.82, 2.24) is 10.6 Å². The quantitative estimate of drug-likeness (QED) is 0.867. The number of hydrogen-bond acceptors (Lipinski definition) is 3. The van der Waals surface area contributed by atoms with Crippen molar-refractivity contribution in [3.8, 4) is 0 Å². The van der Waals surface area contributed by atoms with E-state index in [4.69, 9.17) is 0 Å². The molecule has 0 bridgehead atoms. The van der Waals surface area contributed by atoms with Gasteiger partial charge in [0.2, 0.25) is 0 Å². The van der Waals surface area contributed by atoms with E-state index in [9.17, 15) is 4.79 Å². The van der Waals surface area contributed by atoms with Crippen LogP contribution in [0.1, 0.15) is 34.0 Å². The van der Waals surface area contributed by atoms with E-state index in [0.717, 1.165) is 11.3 Å². The van der Waals surface area contributed by atoms with E-state index in [1.165, 1.54) is 10.4 Å². The van der Waals surface area contributed by atoms with Crippen molar-refractivity contribution in [3.05, 3.63) is 21.4 Å². The molecule has 0 spiro atoms. The normalized spacial score (nSPS) is 11.8. The summed E-state index contributed by atoms with van der Waals surface area (Å²) in [6.45, 7) is 6.87. The minimum Gasteiger partial charge on any atom is -0.350 e. The van der Waals surface area contributed by atoms with Crippen LogP contribution in [0.5, 0.6) is 0 Å². The van der Waals surface area contributed by atoms with Crippen LogP contribution in [0.3, 0.4) is 0 Å². The SMILES string of the molecule is CCc1sc(C(=O)NCC(C)NC)cc1C.Cl. The number of carbonyl (C=O) groups excluding carboxylic acids is 1. The van der Waals surface area contributed by atoms with Gasteiger partial charge in [-0.1, -0.05) is 6.92 Å². The molecule has 0 aromatic carbocycles. The van der Waals surface area contributed by atoms with E-state index < -0.39 is 0 Å². The van der Waals surface area contributed by atoms with Crippen LogP contribution < -0.4 is 10.6 Å². The van der Waals surface area contributed by atoms with Crippen molar-refractivity contribution < 1.29 is 4.79 Å². The van der Waals surface area contributed by atoms with Gasteiger partial charge >= 0.3 is 0 Å². The second-order valence-electron chi connectivity index (χ2n) is 3.97. The van der Waals surface area contributed by atoms with Crippen molar-refractivity contribution in [2.24, 2.45) is 0 Å². The molecule has 0 aliphatic carbocycles. The van der Waals surface area contributed by atoms with Gasteiger partial charge in [-0.05, 0) is 38.9 Å². The van der Waals surface area contributed by atoms with E-state index in [0.29, 0.717) is 12.6 Å². The summed E-state index contributed by atoms with van der Waals surface area (Å²) in [6, 6.07) is 2.28. The van der Waals surface area contributed by atoms with Gasteiger partial charge in [0.25, 0.3) is 5.91 Å². The highest BCUT2D eigenvalue weighted by atomic mass is 35.5. The number of halogens is 1. The molecular weight excluding hydrogens is 256 g/mol. The van der Waals surface area contributed by atoms with Crippen molar-refractivity contribution >= 4 is 29.7 Å². The summed E-state index contributed by atoms with van der Waals surface area (Å²) >= 11 is 1.59. The zero-order chi connectivity index (χ0) is 12.1. The summed E-state index contributed by atoms with van der Waals surface area (Å²) in [4.78, 5) is 13.9. The Kier molecular flexibility index (Phi) is 7.43. The van der Waals surface area contributed by atoms with Crippen LogP contribution in [-0.2, 0) is 6.42 Å². The fourth-order valence-electron chi connectivity index (χ4n) is 1.42. The second kappa shape index (κ2) is 7.69. The average Bonchev–Trinajstić information content (AvgIpc) is 2.66. The zero-order valence-corrected chi connectivity index (χ0v) is 12.4. The predicted molar refractivity (Wildman–Crippen MR) is 76.5 cm³/mol. The molecule has 0 saturated heterocycles. The summed E-state index contributed by atoms with van der Waals surface area (Å²) in [5.41, 5.74) is 1.22. The number of rotatable bonds is 5. The van der Waals surface area contributed by atoms with E-state index >= 15 is 0 Å². The van der Waals surface area contributed by atoms with Gasteiger partial charge in [0.15, 0.2) is 0 Å². The number of aryl methyl sites for hydroxylation is 2. The molecule has 2 N–H and O–H groups in total. The molecule has 1 rings (SSSR count). The van der Waals surface area contributed by atoms with Crippen LogP contribution in [0.2, 0.25) is 0 Å². The van der Waals surface area contributed by atoms with Crippen molar-refractivity contribution in [1.29, 1.82) is 0 Å². The molecule has 3 nitrogen and oxygen atoms in total. The van der Waals surface area contributed by atoms with E-state index in [2.05, 4.69) is 24.5 Å². The van der Waals surface area contributed by atoms with Gasteiger partial charge in [0.05, 0.1) is 4.88 Å². The van der Waals surface area contributed by atoms with Crippen molar-refractivity contribution in [2.45, 2.75) is 33.2 Å². The summed E-state index contributed by atoms with van der Waals surface area (Å²) in [7, 11) is 1.89. The molecule has 0 aliphatic heterocycles. The van der Waals surface area contributed by atoms with Gasteiger partial charge in [-0.2, -0.15) is 0 Å². The molecule has 0 aliphatic rings. The molecule has 1 unspecified atom stereocenters. The number of amides is 1. The minimum absolute atomic E-state index is 0. The Bertz CT molecular complexity index is 365. The number of nitrogens with one attached hydrogen (secondary N) is 2. The fraction of sp³-hybridized carbons (Fsp3) is 0.583. The van der Waals surface area contributed by atoms with Gasteiger partial charge in [0, 0.05) is 17.5 Å². The Balaban J connectivity index is 0.00000256. The van der Waals surface area contributed by atoms with Gasteiger partial charge in [0.1, 0.15) is 0 Å². The highest BCUT2D eigenvalue weighted by Crippen LogP contribution is 2.22. The van der Waals surface area contributed by atoms with Gasteiger partial charge < -0.3 is 10.6 Å². The highest BCUT2D eigenvalue weighted by Gasteiger charge is 2.11. The van der Waals surface area contributed by atoms with Crippen LogP contribution in [0.4, 0.5) is 0 Å². The summed E-state index contributed by atoms with van der Waals surface area (Å²) in [5, 5.41) is 6.01. The fourth-order valence-corrected chi connectivity index (χ4v) is 2.45. The lowest BCUT2D eigenvalue weighted by molar-refractivity contribution is 0.0954. The molecule has 1 amide bonds. The number of carbonyl (C=O) groups is 1. The maximum atomic E-state index is 11.8. The molecule has 17 heavy (non-hydrogen) atoms. The summed E-state index contributed by atoms with van der Waals surface area (Å²) in [6.07, 6.45) is 0.997. The molecule has 0 radical (unpaired) electrons.